The molecule has 0 atom stereocenters. The molecule has 1 nitrogen and oxygen atoms in total. The van der Waals surface area contributed by atoms with Gasteiger partial charge >= 0.3 is 0 Å². The second kappa shape index (κ2) is 3.81. The number of halogens is 1. The van der Waals surface area contributed by atoms with Gasteiger partial charge in [0, 0.05) is 5.88 Å². The van der Waals surface area contributed by atoms with Crippen molar-refractivity contribution in [1.29, 1.82) is 0 Å². The first-order valence-corrected chi connectivity index (χ1v) is 4.54. The Morgan fingerprint density at radius 1 is 1.33 bits per heavy atom. The van der Waals surface area contributed by atoms with Crippen LogP contribution in [0.25, 0.3) is 0 Å². The van der Waals surface area contributed by atoms with Crippen LogP contribution >= 0.6 is 11.6 Å². The van der Waals surface area contributed by atoms with E-state index >= 15 is 0 Å². The standard InChI is InChI=1S/C10H13ClO/c1-7-3-4-9(5-6-11)8(2)10(7)12/h3-4,12H,5-6H2,1-2H3. The third kappa shape index (κ3) is 1.72. The van der Waals surface area contributed by atoms with E-state index in [0.717, 1.165) is 23.1 Å². The maximum absolute atomic E-state index is 9.57. The number of hydrogen-bond donors (Lipinski definition) is 1. The number of phenolic OH excluding ortho intramolecular Hbond substituents is 1. The van der Waals surface area contributed by atoms with E-state index in [1.807, 2.05) is 26.0 Å². The SMILES string of the molecule is Cc1ccc(CCCl)c(C)c1O. The first kappa shape index (κ1) is 9.40. The average molecular weight is 185 g/mol. The summed E-state index contributed by atoms with van der Waals surface area (Å²) in [5.74, 6) is 1.00. The Morgan fingerprint density at radius 3 is 2.58 bits per heavy atom. The molecule has 0 saturated carbocycles. The number of rotatable bonds is 2. The van der Waals surface area contributed by atoms with Crippen LogP contribution < -0.4 is 0 Å². The average Bonchev–Trinajstić information content (AvgIpc) is 2.07. The lowest BCUT2D eigenvalue weighted by Gasteiger charge is -2.07. The van der Waals surface area contributed by atoms with Crippen LogP contribution in [0.5, 0.6) is 5.75 Å². The molecule has 0 aliphatic heterocycles. The van der Waals surface area contributed by atoms with Gasteiger partial charge < -0.3 is 5.11 Å². The number of aromatic hydroxyl groups is 1. The minimum atomic E-state index is 0.401. The Kier molecular flexibility index (Phi) is 2.99. The third-order valence-electron chi connectivity index (χ3n) is 2.11. The summed E-state index contributed by atoms with van der Waals surface area (Å²) in [6.45, 7) is 3.82. The molecule has 0 amide bonds. The Labute approximate surface area is 78.0 Å². The molecule has 0 aliphatic rings. The van der Waals surface area contributed by atoms with E-state index < -0.39 is 0 Å². The van der Waals surface area contributed by atoms with Gasteiger partial charge in [0.1, 0.15) is 5.75 Å². The zero-order valence-electron chi connectivity index (χ0n) is 7.39. The summed E-state index contributed by atoms with van der Waals surface area (Å²) in [6.07, 6.45) is 0.821. The summed E-state index contributed by atoms with van der Waals surface area (Å²) < 4.78 is 0. The fourth-order valence-corrected chi connectivity index (χ4v) is 1.45. The number of alkyl halides is 1. The van der Waals surface area contributed by atoms with Crippen molar-refractivity contribution in [1.82, 2.24) is 0 Å². The normalized spacial score (nSPS) is 10.2. The van der Waals surface area contributed by atoms with Gasteiger partial charge in [0.15, 0.2) is 0 Å². The van der Waals surface area contributed by atoms with Gasteiger partial charge in [-0.25, -0.2) is 0 Å². The smallest absolute Gasteiger partial charge is 0.121 e. The van der Waals surface area contributed by atoms with Crippen molar-refractivity contribution in [3.05, 3.63) is 28.8 Å². The molecule has 1 aromatic carbocycles. The van der Waals surface area contributed by atoms with Gasteiger partial charge in [0.2, 0.25) is 0 Å². The van der Waals surface area contributed by atoms with Gasteiger partial charge in [-0.3, -0.25) is 0 Å². The number of aryl methyl sites for hydroxylation is 2. The van der Waals surface area contributed by atoms with Gasteiger partial charge in [0.25, 0.3) is 0 Å². The molecule has 2 heteroatoms. The Bertz CT molecular complexity index is 281. The molecule has 1 N–H and O–H groups in total. The van der Waals surface area contributed by atoms with E-state index in [-0.39, 0.29) is 0 Å². The third-order valence-corrected chi connectivity index (χ3v) is 2.30. The van der Waals surface area contributed by atoms with E-state index in [2.05, 4.69) is 0 Å². The highest BCUT2D eigenvalue weighted by molar-refractivity contribution is 6.18. The molecule has 0 heterocycles. The lowest BCUT2D eigenvalue weighted by molar-refractivity contribution is 0.466. The predicted molar refractivity (Wildman–Crippen MR) is 52.0 cm³/mol. The van der Waals surface area contributed by atoms with Crippen molar-refractivity contribution in [2.24, 2.45) is 0 Å². The van der Waals surface area contributed by atoms with Crippen LogP contribution in [0.15, 0.2) is 12.1 Å². The van der Waals surface area contributed by atoms with Gasteiger partial charge in [-0.15, -0.1) is 11.6 Å². The molecule has 0 saturated heterocycles. The molecule has 0 fully saturated rings. The van der Waals surface area contributed by atoms with Crippen LogP contribution in [-0.4, -0.2) is 11.0 Å². The summed E-state index contributed by atoms with van der Waals surface area (Å²) in [6, 6.07) is 3.94. The van der Waals surface area contributed by atoms with Gasteiger partial charge in [0.05, 0.1) is 0 Å². The molecular formula is C10H13ClO. The quantitative estimate of drug-likeness (QED) is 0.701. The minimum absolute atomic E-state index is 0.401. The molecule has 1 rings (SSSR count). The second-order valence-electron chi connectivity index (χ2n) is 2.95. The first-order valence-electron chi connectivity index (χ1n) is 4.01. The molecule has 0 bridgehead atoms. The van der Waals surface area contributed by atoms with Crippen molar-refractivity contribution in [2.75, 3.05) is 5.88 Å². The van der Waals surface area contributed by atoms with Crippen molar-refractivity contribution >= 4 is 11.6 Å². The Morgan fingerprint density at radius 2 is 2.00 bits per heavy atom. The molecule has 0 aromatic heterocycles. The van der Waals surface area contributed by atoms with Crippen LogP contribution in [0.2, 0.25) is 0 Å². The number of phenols is 1. The largest absolute Gasteiger partial charge is 0.507 e. The maximum Gasteiger partial charge on any atom is 0.121 e. The van der Waals surface area contributed by atoms with Crippen LogP contribution in [-0.2, 0) is 6.42 Å². The molecular weight excluding hydrogens is 172 g/mol. The second-order valence-corrected chi connectivity index (χ2v) is 3.33. The van der Waals surface area contributed by atoms with Crippen LogP contribution in [0.1, 0.15) is 16.7 Å². The molecule has 66 valence electrons. The number of hydrogen-bond acceptors (Lipinski definition) is 1. The first-order chi connectivity index (χ1) is 5.66. The fourth-order valence-electron chi connectivity index (χ4n) is 1.25. The summed E-state index contributed by atoms with van der Waals surface area (Å²) in [5.41, 5.74) is 3.01. The minimum Gasteiger partial charge on any atom is -0.507 e. The monoisotopic (exact) mass is 184 g/mol. The molecule has 0 aliphatic carbocycles. The maximum atomic E-state index is 9.57. The van der Waals surface area contributed by atoms with Crippen molar-refractivity contribution < 1.29 is 5.11 Å². The summed E-state index contributed by atoms with van der Waals surface area (Å²) in [4.78, 5) is 0. The summed E-state index contributed by atoms with van der Waals surface area (Å²) in [5, 5.41) is 9.57. The van der Waals surface area contributed by atoms with Gasteiger partial charge in [-0.1, -0.05) is 12.1 Å². The van der Waals surface area contributed by atoms with Crippen molar-refractivity contribution in [3.63, 3.8) is 0 Å². The van der Waals surface area contributed by atoms with Crippen molar-refractivity contribution in [3.8, 4) is 5.75 Å². The van der Waals surface area contributed by atoms with Crippen LogP contribution in [0.3, 0.4) is 0 Å². The molecule has 1 aromatic rings. The highest BCUT2D eigenvalue weighted by atomic mass is 35.5. The van der Waals surface area contributed by atoms with Gasteiger partial charge in [-0.05, 0) is 37.0 Å². The molecule has 12 heavy (non-hydrogen) atoms. The Hall–Kier alpha value is -0.690. The molecule has 0 unspecified atom stereocenters. The van der Waals surface area contributed by atoms with Crippen molar-refractivity contribution in [2.45, 2.75) is 20.3 Å². The number of benzene rings is 1. The molecule has 0 spiro atoms. The highest BCUT2D eigenvalue weighted by Gasteiger charge is 2.04. The van der Waals surface area contributed by atoms with E-state index in [4.69, 9.17) is 11.6 Å². The summed E-state index contributed by atoms with van der Waals surface area (Å²) >= 11 is 5.62. The predicted octanol–water partition coefficient (Wildman–Crippen LogP) is 2.79. The molecule has 0 radical (unpaired) electrons. The topological polar surface area (TPSA) is 20.2 Å². The van der Waals surface area contributed by atoms with E-state index in [1.54, 1.807) is 0 Å². The fraction of sp³-hybridized carbons (Fsp3) is 0.400. The lowest BCUT2D eigenvalue weighted by atomic mass is 10.0. The zero-order valence-corrected chi connectivity index (χ0v) is 8.15. The van der Waals surface area contributed by atoms with E-state index in [1.165, 1.54) is 0 Å². The summed E-state index contributed by atoms with van der Waals surface area (Å²) in [7, 11) is 0. The highest BCUT2D eigenvalue weighted by Crippen LogP contribution is 2.24. The van der Waals surface area contributed by atoms with E-state index in [9.17, 15) is 5.11 Å². The lowest BCUT2D eigenvalue weighted by Crippen LogP contribution is -1.92. The Balaban J connectivity index is 3.08. The zero-order chi connectivity index (χ0) is 9.14. The van der Waals surface area contributed by atoms with Gasteiger partial charge in [-0.2, -0.15) is 0 Å². The van der Waals surface area contributed by atoms with Crippen LogP contribution in [0.4, 0.5) is 0 Å². The van der Waals surface area contributed by atoms with E-state index in [0.29, 0.717) is 11.6 Å². The van der Waals surface area contributed by atoms with Crippen LogP contribution in [0, 0.1) is 13.8 Å².